The Hall–Kier alpha value is -1.11. The number of nitrogens with zero attached hydrogens (tertiary/aromatic N) is 1. The summed E-state index contributed by atoms with van der Waals surface area (Å²) in [4.78, 5) is 4.62. The fourth-order valence-electron chi connectivity index (χ4n) is 1.89. The lowest BCUT2D eigenvalue weighted by Gasteiger charge is -2.10. The normalized spacial score (nSPS) is 10.9. The number of methoxy groups -OCH3 is 1. The molecule has 0 amide bonds. The van der Waals surface area contributed by atoms with E-state index in [1.165, 1.54) is 7.11 Å². The largest absolute Gasteiger partial charge is 0.503 e. The summed E-state index contributed by atoms with van der Waals surface area (Å²) in [5.74, 6) is 0.485. The highest BCUT2D eigenvalue weighted by Crippen LogP contribution is 2.46. The van der Waals surface area contributed by atoms with Crippen LogP contribution in [-0.2, 0) is 0 Å². The first-order valence-corrected chi connectivity index (χ1v) is 8.13. The van der Waals surface area contributed by atoms with Crippen LogP contribution in [0.4, 0.5) is 0 Å². The minimum atomic E-state index is 0.0734. The van der Waals surface area contributed by atoms with Gasteiger partial charge in [-0.2, -0.15) is 0 Å². The van der Waals surface area contributed by atoms with Crippen molar-refractivity contribution in [2.45, 2.75) is 0 Å². The molecular formula is C14H9Br2NO2S. The van der Waals surface area contributed by atoms with Gasteiger partial charge in [-0.1, -0.05) is 12.1 Å². The zero-order valence-electron chi connectivity index (χ0n) is 10.4. The fourth-order valence-corrected chi connectivity index (χ4v) is 3.91. The van der Waals surface area contributed by atoms with Crippen LogP contribution in [0.15, 0.2) is 39.3 Å². The lowest BCUT2D eigenvalue weighted by Crippen LogP contribution is -1.88. The number of ether oxygens (including phenoxy) is 1. The maximum absolute atomic E-state index is 9.97. The van der Waals surface area contributed by atoms with Gasteiger partial charge in [0.25, 0.3) is 0 Å². The van der Waals surface area contributed by atoms with Crippen molar-refractivity contribution in [2.75, 3.05) is 7.11 Å². The maximum atomic E-state index is 9.97. The molecule has 2 aromatic carbocycles. The topological polar surface area (TPSA) is 42.4 Å². The number of hydrogen-bond donors (Lipinski definition) is 1. The van der Waals surface area contributed by atoms with E-state index in [0.29, 0.717) is 10.2 Å². The molecule has 0 radical (unpaired) electrons. The van der Waals surface area contributed by atoms with Crippen LogP contribution >= 0.6 is 43.2 Å². The molecule has 102 valence electrons. The van der Waals surface area contributed by atoms with Crippen LogP contribution in [0.1, 0.15) is 0 Å². The van der Waals surface area contributed by atoms with Crippen molar-refractivity contribution in [1.82, 2.24) is 4.98 Å². The van der Waals surface area contributed by atoms with E-state index in [2.05, 4.69) is 36.8 Å². The fraction of sp³-hybridized carbons (Fsp3) is 0.0714. The van der Waals surface area contributed by atoms with Crippen molar-refractivity contribution < 1.29 is 9.84 Å². The van der Waals surface area contributed by atoms with Crippen LogP contribution in [0.25, 0.3) is 20.8 Å². The molecule has 0 atom stereocenters. The molecule has 0 fully saturated rings. The highest BCUT2D eigenvalue weighted by molar-refractivity contribution is 9.13. The molecule has 0 saturated carbocycles. The van der Waals surface area contributed by atoms with Crippen molar-refractivity contribution in [3.63, 3.8) is 0 Å². The van der Waals surface area contributed by atoms with Crippen LogP contribution in [0.3, 0.4) is 0 Å². The number of phenols is 1. The SMILES string of the molecule is COc1cc(-c2nc3ccccc3s2)c(Br)c(Br)c1O. The third-order valence-corrected chi connectivity index (χ3v) is 6.09. The molecule has 20 heavy (non-hydrogen) atoms. The van der Waals surface area contributed by atoms with E-state index in [1.807, 2.05) is 24.3 Å². The van der Waals surface area contributed by atoms with Crippen molar-refractivity contribution in [3.8, 4) is 22.1 Å². The molecule has 1 aromatic heterocycles. The van der Waals surface area contributed by atoms with E-state index >= 15 is 0 Å². The van der Waals surface area contributed by atoms with E-state index in [9.17, 15) is 5.11 Å². The second-order valence-corrected chi connectivity index (χ2v) is 6.71. The van der Waals surface area contributed by atoms with Gasteiger partial charge in [0.05, 0.1) is 21.8 Å². The minimum absolute atomic E-state index is 0.0734. The van der Waals surface area contributed by atoms with E-state index in [1.54, 1.807) is 17.4 Å². The van der Waals surface area contributed by atoms with Gasteiger partial charge in [0.15, 0.2) is 11.5 Å². The minimum Gasteiger partial charge on any atom is -0.503 e. The number of rotatable bonds is 2. The second-order valence-electron chi connectivity index (χ2n) is 4.09. The lowest BCUT2D eigenvalue weighted by atomic mass is 10.2. The number of aromatic hydroxyl groups is 1. The molecule has 0 bridgehead atoms. The number of thiazole rings is 1. The van der Waals surface area contributed by atoms with Crippen molar-refractivity contribution >= 4 is 53.4 Å². The van der Waals surface area contributed by atoms with Crippen molar-refractivity contribution in [1.29, 1.82) is 0 Å². The van der Waals surface area contributed by atoms with Crippen molar-refractivity contribution in [2.24, 2.45) is 0 Å². The predicted molar refractivity (Wildman–Crippen MR) is 88.7 cm³/mol. The van der Waals surface area contributed by atoms with Gasteiger partial charge >= 0.3 is 0 Å². The number of benzene rings is 2. The summed E-state index contributed by atoms with van der Waals surface area (Å²) in [6.07, 6.45) is 0. The molecule has 1 heterocycles. The first-order chi connectivity index (χ1) is 9.61. The number of para-hydroxylation sites is 1. The summed E-state index contributed by atoms with van der Waals surface area (Å²) in [5, 5.41) is 10.8. The van der Waals surface area contributed by atoms with Gasteiger partial charge in [-0.25, -0.2) is 4.98 Å². The van der Waals surface area contributed by atoms with Crippen LogP contribution in [-0.4, -0.2) is 17.2 Å². The van der Waals surface area contributed by atoms with Gasteiger partial charge in [0.2, 0.25) is 0 Å². The zero-order chi connectivity index (χ0) is 14.3. The van der Waals surface area contributed by atoms with Crippen LogP contribution in [0.5, 0.6) is 11.5 Å². The molecule has 0 aliphatic carbocycles. The van der Waals surface area contributed by atoms with Gasteiger partial charge in [-0.15, -0.1) is 11.3 Å². The lowest BCUT2D eigenvalue weighted by molar-refractivity contribution is 0.372. The Morgan fingerprint density at radius 3 is 2.65 bits per heavy atom. The molecule has 0 spiro atoms. The molecule has 0 aliphatic rings. The zero-order valence-corrected chi connectivity index (χ0v) is 14.3. The summed E-state index contributed by atoms with van der Waals surface area (Å²) in [6.45, 7) is 0. The summed E-state index contributed by atoms with van der Waals surface area (Å²) in [7, 11) is 1.53. The van der Waals surface area contributed by atoms with Gasteiger partial charge in [-0.3, -0.25) is 0 Å². The number of hydrogen-bond acceptors (Lipinski definition) is 4. The third-order valence-electron chi connectivity index (χ3n) is 2.89. The third kappa shape index (κ3) is 2.21. The Balaban J connectivity index is 2.25. The van der Waals surface area contributed by atoms with Gasteiger partial charge in [0, 0.05) is 10.0 Å². The summed E-state index contributed by atoms with van der Waals surface area (Å²) < 4.78 is 7.64. The Morgan fingerprint density at radius 2 is 1.95 bits per heavy atom. The maximum Gasteiger partial charge on any atom is 0.173 e. The standard InChI is InChI=1S/C14H9Br2NO2S/c1-19-9-6-7(11(15)12(16)13(9)18)14-17-8-4-2-3-5-10(8)20-14/h2-6,18H,1H3. The Kier molecular flexibility index (Phi) is 3.70. The second kappa shape index (κ2) is 5.35. The first kappa shape index (κ1) is 13.9. The van der Waals surface area contributed by atoms with E-state index < -0.39 is 0 Å². The summed E-state index contributed by atoms with van der Waals surface area (Å²) >= 11 is 8.45. The molecule has 3 nitrogen and oxygen atoms in total. The van der Waals surface area contributed by atoms with Gasteiger partial charge < -0.3 is 9.84 Å². The number of phenolic OH excluding ortho intramolecular Hbond substituents is 1. The quantitative estimate of drug-likeness (QED) is 0.626. The molecule has 0 unspecified atom stereocenters. The van der Waals surface area contributed by atoms with Crippen molar-refractivity contribution in [3.05, 3.63) is 39.3 Å². The monoisotopic (exact) mass is 413 g/mol. The highest BCUT2D eigenvalue weighted by Gasteiger charge is 2.18. The Bertz CT molecular complexity index is 768. The van der Waals surface area contributed by atoms with Crippen LogP contribution in [0, 0.1) is 0 Å². The van der Waals surface area contributed by atoms with E-state index in [-0.39, 0.29) is 5.75 Å². The Labute approximate surface area is 136 Å². The number of aromatic nitrogens is 1. The van der Waals surface area contributed by atoms with E-state index in [0.717, 1.165) is 25.3 Å². The van der Waals surface area contributed by atoms with Gasteiger partial charge in [-0.05, 0) is 50.1 Å². The molecule has 3 aromatic rings. The predicted octanol–water partition coefficient (Wildman–Crippen LogP) is 5.20. The Morgan fingerprint density at radius 1 is 1.20 bits per heavy atom. The molecule has 3 rings (SSSR count). The molecule has 0 aliphatic heterocycles. The highest BCUT2D eigenvalue weighted by atomic mass is 79.9. The molecular weight excluding hydrogens is 406 g/mol. The summed E-state index contributed by atoms with van der Waals surface area (Å²) in [6, 6.07) is 9.76. The van der Waals surface area contributed by atoms with E-state index in [4.69, 9.17) is 4.74 Å². The summed E-state index contributed by atoms with van der Waals surface area (Å²) in [5.41, 5.74) is 1.84. The number of halogens is 2. The van der Waals surface area contributed by atoms with Gasteiger partial charge in [0.1, 0.15) is 5.01 Å². The number of fused-ring (bicyclic) bond motifs is 1. The molecule has 6 heteroatoms. The smallest absolute Gasteiger partial charge is 0.173 e. The molecule has 1 N–H and O–H groups in total. The van der Waals surface area contributed by atoms with Crippen LogP contribution < -0.4 is 4.74 Å². The average Bonchev–Trinajstić information content (AvgIpc) is 2.89. The average molecular weight is 415 g/mol. The molecule has 0 saturated heterocycles. The first-order valence-electron chi connectivity index (χ1n) is 5.72. The van der Waals surface area contributed by atoms with Crippen LogP contribution in [0.2, 0.25) is 0 Å².